The van der Waals surface area contributed by atoms with Crippen molar-refractivity contribution in [2.45, 2.75) is 45.0 Å². The van der Waals surface area contributed by atoms with Gasteiger partial charge in [0.05, 0.1) is 13.7 Å². The van der Waals surface area contributed by atoms with Crippen molar-refractivity contribution in [2.24, 2.45) is 0 Å². The third kappa shape index (κ3) is 5.04. The number of alkyl halides is 1. The highest BCUT2D eigenvalue weighted by Crippen LogP contribution is 2.26. The van der Waals surface area contributed by atoms with Crippen LogP contribution in [0.15, 0.2) is 16.7 Å². The van der Waals surface area contributed by atoms with E-state index in [9.17, 15) is 14.0 Å². The second-order valence-electron chi connectivity index (χ2n) is 6.66. The molecule has 25 heavy (non-hydrogen) atoms. The van der Waals surface area contributed by atoms with Gasteiger partial charge in [-0.2, -0.15) is 0 Å². The molecule has 2 atom stereocenters. The number of amides is 2. The Morgan fingerprint density at radius 1 is 1.40 bits per heavy atom. The van der Waals surface area contributed by atoms with Crippen molar-refractivity contribution < 1.29 is 23.5 Å². The zero-order chi connectivity index (χ0) is 18.8. The van der Waals surface area contributed by atoms with Gasteiger partial charge in [-0.15, -0.1) is 0 Å². The predicted molar refractivity (Wildman–Crippen MR) is 93.4 cm³/mol. The summed E-state index contributed by atoms with van der Waals surface area (Å²) in [6.07, 6.45) is -2.07. The van der Waals surface area contributed by atoms with E-state index < -0.39 is 29.8 Å². The van der Waals surface area contributed by atoms with Crippen LogP contribution in [0.2, 0.25) is 0 Å². The third-order valence-electron chi connectivity index (χ3n) is 3.47. The molecule has 2 rings (SSSR count). The monoisotopic (exact) mass is 417 g/mol. The first-order chi connectivity index (χ1) is 11.6. The Balaban J connectivity index is 2.10. The number of carbonyl (C=O) groups is 2. The second kappa shape index (κ2) is 7.55. The maximum Gasteiger partial charge on any atom is 0.411 e. The quantitative estimate of drug-likeness (QED) is 0.763. The average Bonchev–Trinajstić information content (AvgIpc) is 2.88. The number of nitrogens with one attached hydrogen (secondary N) is 1. The number of aromatic nitrogens is 1. The molecule has 0 aliphatic carbocycles. The van der Waals surface area contributed by atoms with E-state index in [2.05, 4.69) is 26.2 Å². The molecule has 0 saturated carbocycles. The lowest BCUT2D eigenvalue weighted by atomic mass is 10.2. The number of anilines is 1. The molecule has 1 aromatic heterocycles. The minimum atomic E-state index is -1.28. The summed E-state index contributed by atoms with van der Waals surface area (Å²) >= 11 is 3.23. The van der Waals surface area contributed by atoms with Gasteiger partial charge in [-0.1, -0.05) is 0 Å². The fraction of sp³-hybridized carbons (Fsp3) is 0.562. The Labute approximate surface area is 154 Å². The number of methoxy groups -OCH3 is 1. The molecule has 1 N–H and O–H groups in total. The van der Waals surface area contributed by atoms with Gasteiger partial charge in [0.15, 0.2) is 5.75 Å². The van der Waals surface area contributed by atoms with Crippen LogP contribution in [-0.4, -0.2) is 53.4 Å². The molecule has 1 aromatic rings. The van der Waals surface area contributed by atoms with E-state index in [-0.39, 0.29) is 18.8 Å². The standard InChI is InChI=1S/C16H21BrFN3O4/c1-16(2,3)25-15(23)21-8-9(18)7-10(21)14(22)20-12-6-5-11(24-4)13(17)19-12/h5-6,9-10H,7-8H2,1-4H3,(H,19,20,22)/t9-,10+/m1/s1. The number of halogens is 2. The summed E-state index contributed by atoms with van der Waals surface area (Å²) in [7, 11) is 1.50. The maximum atomic E-state index is 13.8. The molecule has 2 heterocycles. The summed E-state index contributed by atoms with van der Waals surface area (Å²) < 4.78 is 24.6. The van der Waals surface area contributed by atoms with Crippen LogP contribution in [0.1, 0.15) is 27.2 Å². The largest absolute Gasteiger partial charge is 0.494 e. The first-order valence-electron chi connectivity index (χ1n) is 7.76. The number of hydrogen-bond acceptors (Lipinski definition) is 5. The first-order valence-corrected chi connectivity index (χ1v) is 8.55. The molecular weight excluding hydrogens is 397 g/mol. The van der Waals surface area contributed by atoms with Crippen molar-refractivity contribution in [1.29, 1.82) is 0 Å². The second-order valence-corrected chi connectivity index (χ2v) is 7.41. The van der Waals surface area contributed by atoms with Crippen LogP contribution < -0.4 is 10.1 Å². The van der Waals surface area contributed by atoms with E-state index in [1.165, 1.54) is 7.11 Å². The van der Waals surface area contributed by atoms with Gasteiger partial charge < -0.3 is 14.8 Å². The molecule has 1 aliphatic heterocycles. The highest BCUT2D eigenvalue weighted by molar-refractivity contribution is 9.10. The molecule has 138 valence electrons. The van der Waals surface area contributed by atoms with Crippen molar-refractivity contribution >= 4 is 33.7 Å². The number of hydrogen-bond donors (Lipinski definition) is 1. The topological polar surface area (TPSA) is 80.8 Å². The fourth-order valence-electron chi connectivity index (χ4n) is 2.41. The molecule has 7 nitrogen and oxygen atoms in total. The summed E-state index contributed by atoms with van der Waals surface area (Å²) in [5, 5.41) is 2.59. The minimum Gasteiger partial charge on any atom is -0.494 e. The lowest BCUT2D eigenvalue weighted by molar-refractivity contribution is -0.120. The van der Waals surface area contributed by atoms with Gasteiger partial charge in [0.2, 0.25) is 5.91 Å². The van der Waals surface area contributed by atoms with Gasteiger partial charge in [-0.25, -0.2) is 14.2 Å². The molecule has 9 heteroatoms. The SMILES string of the molecule is COc1ccc(NC(=O)[C@@H]2C[C@@H](F)CN2C(=O)OC(C)(C)C)nc1Br. The molecule has 0 bridgehead atoms. The molecule has 0 unspecified atom stereocenters. The number of rotatable bonds is 3. The number of pyridine rings is 1. The number of nitrogens with zero attached hydrogens (tertiary/aromatic N) is 2. The van der Waals surface area contributed by atoms with Gasteiger partial charge in [0, 0.05) is 6.42 Å². The fourth-order valence-corrected chi connectivity index (χ4v) is 2.89. The molecule has 0 aromatic carbocycles. The Morgan fingerprint density at radius 3 is 2.64 bits per heavy atom. The zero-order valence-electron chi connectivity index (χ0n) is 14.5. The highest BCUT2D eigenvalue weighted by Gasteiger charge is 2.41. The number of ether oxygens (including phenoxy) is 2. The Morgan fingerprint density at radius 2 is 2.08 bits per heavy atom. The predicted octanol–water partition coefficient (Wildman–Crippen LogP) is 3.14. The smallest absolute Gasteiger partial charge is 0.411 e. The summed E-state index contributed by atoms with van der Waals surface area (Å²) in [5.74, 6) is 0.262. The van der Waals surface area contributed by atoms with Crippen molar-refractivity contribution in [2.75, 3.05) is 19.0 Å². The van der Waals surface area contributed by atoms with Crippen molar-refractivity contribution in [3.63, 3.8) is 0 Å². The Bertz CT molecular complexity index is 665. The maximum absolute atomic E-state index is 13.8. The van der Waals surface area contributed by atoms with Gasteiger partial charge in [0.1, 0.15) is 28.2 Å². The Hall–Kier alpha value is -1.90. The zero-order valence-corrected chi connectivity index (χ0v) is 16.1. The molecular formula is C16H21BrFN3O4. The van der Waals surface area contributed by atoms with Gasteiger partial charge >= 0.3 is 6.09 Å². The first kappa shape index (κ1) is 19.4. The molecule has 2 amide bonds. The summed E-state index contributed by atoms with van der Waals surface area (Å²) in [5.41, 5.74) is -0.727. The van der Waals surface area contributed by atoms with Crippen LogP contribution in [0, 0.1) is 0 Å². The van der Waals surface area contributed by atoms with Crippen LogP contribution in [0.5, 0.6) is 5.75 Å². The van der Waals surface area contributed by atoms with Crippen LogP contribution in [0.4, 0.5) is 15.0 Å². The molecule has 0 spiro atoms. The summed E-state index contributed by atoms with van der Waals surface area (Å²) in [4.78, 5) is 30.0. The minimum absolute atomic E-state index is 0.0810. The van der Waals surface area contributed by atoms with E-state index in [4.69, 9.17) is 9.47 Å². The third-order valence-corrected chi connectivity index (χ3v) is 4.03. The molecule has 1 aliphatic rings. The van der Waals surface area contributed by atoms with Crippen LogP contribution in [-0.2, 0) is 9.53 Å². The number of likely N-dealkylation sites (tertiary alicyclic amines) is 1. The summed E-state index contributed by atoms with van der Waals surface area (Å²) in [6, 6.07) is 2.24. The molecule has 0 radical (unpaired) electrons. The van der Waals surface area contributed by atoms with Gasteiger partial charge in [-0.3, -0.25) is 9.69 Å². The van der Waals surface area contributed by atoms with E-state index in [0.717, 1.165) is 4.90 Å². The van der Waals surface area contributed by atoms with Crippen molar-refractivity contribution in [1.82, 2.24) is 9.88 Å². The van der Waals surface area contributed by atoms with Crippen LogP contribution >= 0.6 is 15.9 Å². The average molecular weight is 418 g/mol. The van der Waals surface area contributed by atoms with Gasteiger partial charge in [0.25, 0.3) is 0 Å². The number of carbonyl (C=O) groups excluding carboxylic acids is 2. The van der Waals surface area contributed by atoms with E-state index in [1.807, 2.05) is 0 Å². The Kier molecular flexibility index (Phi) is 5.87. The summed E-state index contributed by atoms with van der Waals surface area (Å²) in [6.45, 7) is 4.96. The highest BCUT2D eigenvalue weighted by atomic mass is 79.9. The lowest BCUT2D eigenvalue weighted by Gasteiger charge is -2.27. The lowest BCUT2D eigenvalue weighted by Crippen LogP contribution is -2.45. The van der Waals surface area contributed by atoms with E-state index >= 15 is 0 Å². The van der Waals surface area contributed by atoms with E-state index in [0.29, 0.717) is 10.4 Å². The van der Waals surface area contributed by atoms with Crippen LogP contribution in [0.3, 0.4) is 0 Å². The molecule has 1 saturated heterocycles. The van der Waals surface area contributed by atoms with Gasteiger partial charge in [-0.05, 0) is 48.8 Å². The van der Waals surface area contributed by atoms with Crippen LogP contribution in [0.25, 0.3) is 0 Å². The normalized spacial score (nSPS) is 20.3. The van der Waals surface area contributed by atoms with Crippen molar-refractivity contribution in [3.05, 3.63) is 16.7 Å². The van der Waals surface area contributed by atoms with E-state index in [1.54, 1.807) is 32.9 Å². The molecule has 1 fully saturated rings. The van der Waals surface area contributed by atoms with Crippen molar-refractivity contribution in [3.8, 4) is 5.75 Å².